The van der Waals surface area contributed by atoms with Gasteiger partial charge >= 0.3 is 0 Å². The van der Waals surface area contributed by atoms with Crippen LogP contribution in [0.2, 0.25) is 0 Å². The summed E-state index contributed by atoms with van der Waals surface area (Å²) in [5, 5.41) is 3.80. The SMILES string of the molecule is CCCCNc1ncnc2c1S[C@H]1N=C(CCCC)C3=C(CCC3)[C@H]21. The second-order valence-electron chi connectivity index (χ2n) is 7.24. The minimum atomic E-state index is 0.280. The van der Waals surface area contributed by atoms with Gasteiger partial charge in [-0.3, -0.25) is 4.99 Å². The molecule has 1 N–H and O–H groups in total. The Kier molecular flexibility index (Phi) is 5.11. The Morgan fingerprint density at radius 3 is 2.88 bits per heavy atom. The van der Waals surface area contributed by atoms with E-state index in [-0.39, 0.29) is 5.37 Å². The number of nitrogens with zero attached hydrogens (tertiary/aromatic N) is 3. The highest BCUT2D eigenvalue weighted by Crippen LogP contribution is 2.55. The maximum Gasteiger partial charge on any atom is 0.143 e. The predicted octanol–water partition coefficient (Wildman–Crippen LogP) is 5.33. The number of fused-ring (bicyclic) bond motifs is 4. The molecule has 0 aromatic carbocycles. The first-order chi connectivity index (χ1) is 12.3. The molecule has 0 amide bonds. The zero-order valence-electron chi connectivity index (χ0n) is 15.3. The van der Waals surface area contributed by atoms with Gasteiger partial charge in [0.25, 0.3) is 0 Å². The third-order valence-corrected chi connectivity index (χ3v) is 6.76. The summed E-state index contributed by atoms with van der Waals surface area (Å²) in [5.74, 6) is 1.40. The van der Waals surface area contributed by atoms with Crippen LogP contribution >= 0.6 is 11.8 Å². The third-order valence-electron chi connectivity index (χ3n) is 5.51. The highest BCUT2D eigenvalue weighted by atomic mass is 32.2. The highest BCUT2D eigenvalue weighted by molar-refractivity contribution is 8.00. The molecule has 2 aliphatic heterocycles. The van der Waals surface area contributed by atoms with Gasteiger partial charge in [-0.25, -0.2) is 9.97 Å². The lowest BCUT2D eigenvalue weighted by molar-refractivity contribution is 0.694. The second-order valence-corrected chi connectivity index (χ2v) is 8.37. The standard InChI is InChI=1S/C20H28N4S/c1-3-5-10-15-13-8-7-9-14(13)16-17-18(25-20(16)24-15)19(23-12-22-17)21-11-6-4-2/h12,16,20H,3-11H2,1-2H3,(H,21,22,23)/t16-,20-/m1/s1. The average molecular weight is 357 g/mol. The number of rotatable bonds is 7. The largest absolute Gasteiger partial charge is 0.369 e. The Hall–Kier alpha value is -1.36. The molecule has 3 aliphatic rings. The third kappa shape index (κ3) is 3.12. The molecule has 5 heteroatoms. The summed E-state index contributed by atoms with van der Waals surface area (Å²) in [6.45, 7) is 5.46. The Balaban J connectivity index is 1.65. The van der Waals surface area contributed by atoms with Crippen LogP contribution in [0.15, 0.2) is 27.4 Å². The van der Waals surface area contributed by atoms with E-state index < -0.39 is 0 Å². The molecule has 134 valence electrons. The van der Waals surface area contributed by atoms with Gasteiger partial charge in [0.15, 0.2) is 0 Å². The zero-order valence-corrected chi connectivity index (χ0v) is 16.2. The molecule has 3 heterocycles. The van der Waals surface area contributed by atoms with Gasteiger partial charge in [0.1, 0.15) is 17.5 Å². The maximum atomic E-state index is 5.20. The number of nitrogens with one attached hydrogen (secondary N) is 1. The Labute approximate surface area is 155 Å². The van der Waals surface area contributed by atoms with Crippen molar-refractivity contribution in [1.29, 1.82) is 0 Å². The molecule has 1 aromatic rings. The van der Waals surface area contributed by atoms with Crippen molar-refractivity contribution in [1.82, 2.24) is 9.97 Å². The van der Waals surface area contributed by atoms with Gasteiger partial charge in [0.2, 0.25) is 0 Å². The highest BCUT2D eigenvalue weighted by Gasteiger charge is 2.43. The van der Waals surface area contributed by atoms with Gasteiger partial charge in [0, 0.05) is 12.3 Å². The van der Waals surface area contributed by atoms with E-state index in [0.717, 1.165) is 18.8 Å². The molecule has 0 bridgehead atoms. The molecule has 0 spiro atoms. The van der Waals surface area contributed by atoms with E-state index in [1.807, 2.05) is 11.8 Å². The monoisotopic (exact) mass is 356 g/mol. The van der Waals surface area contributed by atoms with Crippen molar-refractivity contribution in [2.75, 3.05) is 11.9 Å². The van der Waals surface area contributed by atoms with Crippen LogP contribution < -0.4 is 5.32 Å². The summed E-state index contributed by atoms with van der Waals surface area (Å²) in [7, 11) is 0. The summed E-state index contributed by atoms with van der Waals surface area (Å²) < 4.78 is 0. The number of anilines is 1. The van der Waals surface area contributed by atoms with Gasteiger partial charge in [-0.15, -0.1) is 0 Å². The number of hydrogen-bond donors (Lipinski definition) is 1. The van der Waals surface area contributed by atoms with Crippen LogP contribution in [0.4, 0.5) is 5.82 Å². The number of allylic oxidation sites excluding steroid dienone is 1. The first-order valence-electron chi connectivity index (χ1n) is 9.87. The Morgan fingerprint density at radius 1 is 1.16 bits per heavy atom. The second kappa shape index (κ2) is 7.48. The molecular formula is C20H28N4S. The number of aromatic nitrogens is 2. The molecule has 0 saturated carbocycles. The number of unbranched alkanes of at least 4 members (excludes halogenated alkanes) is 2. The van der Waals surface area contributed by atoms with Gasteiger partial charge in [0.05, 0.1) is 16.5 Å². The average Bonchev–Trinajstić information content (AvgIpc) is 3.24. The molecular weight excluding hydrogens is 328 g/mol. The van der Waals surface area contributed by atoms with E-state index >= 15 is 0 Å². The lowest BCUT2D eigenvalue weighted by atomic mass is 9.87. The molecule has 25 heavy (non-hydrogen) atoms. The summed E-state index contributed by atoms with van der Waals surface area (Å²) in [6.07, 6.45) is 11.5. The first-order valence-corrected chi connectivity index (χ1v) is 10.8. The predicted molar refractivity (Wildman–Crippen MR) is 106 cm³/mol. The summed E-state index contributed by atoms with van der Waals surface area (Å²) in [6, 6.07) is 0. The smallest absolute Gasteiger partial charge is 0.143 e. The van der Waals surface area contributed by atoms with Crippen LogP contribution in [0.3, 0.4) is 0 Å². The van der Waals surface area contributed by atoms with E-state index in [9.17, 15) is 0 Å². The van der Waals surface area contributed by atoms with Gasteiger partial charge in [-0.2, -0.15) is 0 Å². The van der Waals surface area contributed by atoms with Crippen LogP contribution in [0.25, 0.3) is 0 Å². The van der Waals surface area contributed by atoms with Gasteiger partial charge < -0.3 is 5.32 Å². The molecule has 1 aliphatic carbocycles. The maximum absolute atomic E-state index is 5.20. The Morgan fingerprint density at radius 2 is 2.04 bits per heavy atom. The molecule has 0 radical (unpaired) electrons. The first kappa shape index (κ1) is 17.1. The molecule has 2 atom stereocenters. The van der Waals surface area contributed by atoms with Crippen LogP contribution in [0.1, 0.15) is 76.8 Å². The van der Waals surface area contributed by atoms with Crippen LogP contribution in [0.5, 0.6) is 0 Å². The van der Waals surface area contributed by atoms with Crippen LogP contribution in [-0.2, 0) is 0 Å². The van der Waals surface area contributed by atoms with E-state index in [0.29, 0.717) is 5.92 Å². The molecule has 4 rings (SSSR count). The van der Waals surface area contributed by atoms with E-state index in [1.165, 1.54) is 61.2 Å². The molecule has 1 aromatic heterocycles. The summed E-state index contributed by atoms with van der Waals surface area (Å²) in [4.78, 5) is 15.7. The van der Waals surface area contributed by atoms with Crippen LogP contribution in [0, 0.1) is 0 Å². The molecule has 0 fully saturated rings. The fourth-order valence-electron chi connectivity index (χ4n) is 4.23. The molecule has 4 nitrogen and oxygen atoms in total. The summed E-state index contributed by atoms with van der Waals surface area (Å²) >= 11 is 1.88. The van der Waals surface area contributed by atoms with Crippen LogP contribution in [-0.4, -0.2) is 27.6 Å². The summed E-state index contributed by atoms with van der Waals surface area (Å²) in [5.41, 5.74) is 5.82. The van der Waals surface area contributed by atoms with E-state index in [2.05, 4.69) is 24.1 Å². The number of thioether (sulfide) groups is 1. The normalized spacial score (nSPS) is 24.0. The van der Waals surface area contributed by atoms with Crippen molar-refractivity contribution in [3.8, 4) is 0 Å². The zero-order chi connectivity index (χ0) is 17.2. The number of dihydropyridines is 1. The lowest BCUT2D eigenvalue weighted by Gasteiger charge is -2.26. The minimum Gasteiger partial charge on any atom is -0.369 e. The fourth-order valence-corrected chi connectivity index (χ4v) is 5.62. The number of hydrogen-bond acceptors (Lipinski definition) is 5. The Bertz CT molecular complexity index is 710. The topological polar surface area (TPSA) is 50.2 Å². The van der Waals surface area contributed by atoms with Crippen molar-refractivity contribution in [2.24, 2.45) is 4.99 Å². The van der Waals surface area contributed by atoms with Gasteiger partial charge in [-0.05, 0) is 44.1 Å². The van der Waals surface area contributed by atoms with Gasteiger partial charge in [-0.1, -0.05) is 44.0 Å². The van der Waals surface area contributed by atoms with Crippen molar-refractivity contribution in [3.05, 3.63) is 23.2 Å². The van der Waals surface area contributed by atoms with Crippen molar-refractivity contribution in [3.63, 3.8) is 0 Å². The van der Waals surface area contributed by atoms with Crippen molar-refractivity contribution >= 4 is 23.3 Å². The fraction of sp³-hybridized carbons (Fsp3) is 0.650. The number of aliphatic imine (C=N–C) groups is 1. The molecule has 0 unspecified atom stereocenters. The lowest BCUT2D eigenvalue weighted by Crippen LogP contribution is -2.21. The van der Waals surface area contributed by atoms with Crippen molar-refractivity contribution in [2.45, 2.75) is 81.4 Å². The van der Waals surface area contributed by atoms with E-state index in [4.69, 9.17) is 9.98 Å². The quantitative estimate of drug-likeness (QED) is 0.671. The van der Waals surface area contributed by atoms with E-state index in [1.54, 1.807) is 17.5 Å². The van der Waals surface area contributed by atoms with Crippen molar-refractivity contribution < 1.29 is 0 Å². The minimum absolute atomic E-state index is 0.280. The molecule has 0 saturated heterocycles.